The van der Waals surface area contributed by atoms with Crippen LogP contribution < -0.4 is 0 Å². The third kappa shape index (κ3) is 1.27. The van der Waals surface area contributed by atoms with Gasteiger partial charge in [-0.2, -0.15) is 0 Å². The smallest absolute Gasteiger partial charge is 0.119 e. The molecule has 3 atom stereocenters. The SMILES string of the molecule is CC[C@]1(CO)OCC(O)C1O. The van der Waals surface area contributed by atoms with Crippen LogP contribution in [-0.4, -0.2) is 46.3 Å². The first-order valence-electron chi connectivity index (χ1n) is 3.77. The third-order valence-electron chi connectivity index (χ3n) is 2.31. The van der Waals surface area contributed by atoms with Crippen LogP contribution >= 0.6 is 0 Å². The second-order valence-electron chi connectivity index (χ2n) is 2.90. The Bertz CT molecular complexity index is 132. The maximum absolute atomic E-state index is 9.37. The van der Waals surface area contributed by atoms with E-state index in [1.165, 1.54) is 0 Å². The summed E-state index contributed by atoms with van der Waals surface area (Å²) in [6, 6.07) is 0. The highest BCUT2D eigenvalue weighted by molar-refractivity contribution is 4.96. The van der Waals surface area contributed by atoms with Crippen LogP contribution in [0.5, 0.6) is 0 Å². The molecule has 3 N–H and O–H groups in total. The van der Waals surface area contributed by atoms with E-state index in [-0.39, 0.29) is 13.2 Å². The summed E-state index contributed by atoms with van der Waals surface area (Å²) < 4.78 is 5.11. The normalized spacial score (nSPS) is 44.7. The van der Waals surface area contributed by atoms with Gasteiger partial charge in [0.2, 0.25) is 0 Å². The van der Waals surface area contributed by atoms with Gasteiger partial charge in [-0.25, -0.2) is 0 Å². The third-order valence-corrected chi connectivity index (χ3v) is 2.31. The van der Waals surface area contributed by atoms with Gasteiger partial charge in [0, 0.05) is 0 Å². The highest BCUT2D eigenvalue weighted by Crippen LogP contribution is 2.28. The Morgan fingerprint density at radius 3 is 2.36 bits per heavy atom. The molecule has 1 heterocycles. The molecule has 1 aliphatic rings. The van der Waals surface area contributed by atoms with E-state index in [9.17, 15) is 5.11 Å². The fourth-order valence-electron chi connectivity index (χ4n) is 1.34. The van der Waals surface area contributed by atoms with Crippen molar-refractivity contribution in [1.82, 2.24) is 0 Å². The zero-order valence-corrected chi connectivity index (χ0v) is 6.53. The van der Waals surface area contributed by atoms with Crippen molar-refractivity contribution in [2.24, 2.45) is 0 Å². The lowest BCUT2D eigenvalue weighted by Gasteiger charge is -2.28. The van der Waals surface area contributed by atoms with E-state index < -0.39 is 17.8 Å². The highest BCUT2D eigenvalue weighted by atomic mass is 16.6. The van der Waals surface area contributed by atoms with Gasteiger partial charge in [-0.3, -0.25) is 0 Å². The molecule has 1 fully saturated rings. The number of rotatable bonds is 2. The number of hydrogen-bond donors (Lipinski definition) is 3. The molecule has 1 rings (SSSR count). The largest absolute Gasteiger partial charge is 0.393 e. The van der Waals surface area contributed by atoms with Crippen molar-refractivity contribution in [3.63, 3.8) is 0 Å². The average Bonchev–Trinajstić information content (AvgIpc) is 2.32. The molecule has 4 heteroatoms. The van der Waals surface area contributed by atoms with Crippen molar-refractivity contribution in [3.8, 4) is 0 Å². The fourth-order valence-corrected chi connectivity index (χ4v) is 1.34. The quantitative estimate of drug-likeness (QED) is 0.481. The van der Waals surface area contributed by atoms with Crippen LogP contribution in [0, 0.1) is 0 Å². The average molecular weight is 162 g/mol. The second kappa shape index (κ2) is 3.06. The van der Waals surface area contributed by atoms with Gasteiger partial charge in [0.1, 0.15) is 17.8 Å². The molecule has 0 aliphatic carbocycles. The molecule has 0 aromatic carbocycles. The summed E-state index contributed by atoms with van der Waals surface area (Å²) in [4.78, 5) is 0. The van der Waals surface area contributed by atoms with E-state index in [1.54, 1.807) is 6.92 Å². The van der Waals surface area contributed by atoms with Crippen LogP contribution in [0.3, 0.4) is 0 Å². The first-order chi connectivity index (χ1) is 5.16. The number of aliphatic hydroxyl groups excluding tert-OH is 3. The second-order valence-corrected chi connectivity index (χ2v) is 2.90. The molecule has 0 saturated carbocycles. The van der Waals surface area contributed by atoms with Gasteiger partial charge in [-0.15, -0.1) is 0 Å². The maximum atomic E-state index is 9.37. The Kier molecular flexibility index (Phi) is 2.49. The fraction of sp³-hybridized carbons (Fsp3) is 1.00. The summed E-state index contributed by atoms with van der Waals surface area (Å²) in [5.74, 6) is 0. The summed E-state index contributed by atoms with van der Waals surface area (Å²) >= 11 is 0. The molecule has 0 aromatic rings. The molecule has 0 amide bonds. The molecular weight excluding hydrogens is 148 g/mol. The zero-order chi connectivity index (χ0) is 8.48. The molecule has 11 heavy (non-hydrogen) atoms. The number of ether oxygens (including phenoxy) is 1. The van der Waals surface area contributed by atoms with Crippen LogP contribution in [0.25, 0.3) is 0 Å². The van der Waals surface area contributed by atoms with Crippen molar-refractivity contribution in [2.45, 2.75) is 31.2 Å². The lowest BCUT2D eigenvalue weighted by molar-refractivity contribution is -0.0965. The number of aliphatic hydroxyl groups is 3. The molecule has 1 saturated heterocycles. The van der Waals surface area contributed by atoms with Gasteiger partial charge in [-0.05, 0) is 6.42 Å². The van der Waals surface area contributed by atoms with Crippen molar-refractivity contribution in [1.29, 1.82) is 0 Å². The molecule has 0 spiro atoms. The van der Waals surface area contributed by atoms with Crippen molar-refractivity contribution >= 4 is 0 Å². The van der Waals surface area contributed by atoms with Crippen LogP contribution in [0.1, 0.15) is 13.3 Å². The van der Waals surface area contributed by atoms with Gasteiger partial charge in [0.05, 0.1) is 13.2 Å². The summed E-state index contributed by atoms with van der Waals surface area (Å²) in [6.07, 6.45) is -1.32. The predicted molar refractivity (Wildman–Crippen MR) is 38.1 cm³/mol. The Balaban J connectivity index is 2.69. The van der Waals surface area contributed by atoms with Crippen LogP contribution in [0.15, 0.2) is 0 Å². The minimum absolute atomic E-state index is 0.107. The van der Waals surface area contributed by atoms with E-state index in [2.05, 4.69) is 0 Å². The van der Waals surface area contributed by atoms with Crippen LogP contribution in [-0.2, 0) is 4.74 Å². The van der Waals surface area contributed by atoms with Crippen molar-refractivity contribution in [2.75, 3.05) is 13.2 Å². The molecule has 2 unspecified atom stereocenters. The number of hydrogen-bond acceptors (Lipinski definition) is 4. The highest BCUT2D eigenvalue weighted by Gasteiger charge is 2.46. The molecule has 0 aromatic heterocycles. The Morgan fingerprint density at radius 2 is 2.18 bits per heavy atom. The topological polar surface area (TPSA) is 69.9 Å². The molecule has 0 radical (unpaired) electrons. The van der Waals surface area contributed by atoms with E-state index in [1.807, 2.05) is 0 Å². The Hall–Kier alpha value is -0.160. The van der Waals surface area contributed by atoms with Gasteiger partial charge < -0.3 is 20.1 Å². The summed E-state index contributed by atoms with van der Waals surface area (Å²) in [5, 5.41) is 27.4. The van der Waals surface area contributed by atoms with Crippen LogP contribution in [0.2, 0.25) is 0 Å². The summed E-state index contributed by atoms with van der Waals surface area (Å²) in [5.41, 5.74) is -0.931. The van der Waals surface area contributed by atoms with Crippen molar-refractivity contribution in [3.05, 3.63) is 0 Å². The van der Waals surface area contributed by atoms with Gasteiger partial charge >= 0.3 is 0 Å². The molecule has 1 aliphatic heterocycles. The van der Waals surface area contributed by atoms with E-state index in [4.69, 9.17) is 14.9 Å². The standard InChI is InChI=1S/C7H14O4/c1-2-7(4-8)6(10)5(9)3-11-7/h5-6,8-10H,2-4H2,1H3/t5?,6?,7-/m1/s1. The van der Waals surface area contributed by atoms with E-state index >= 15 is 0 Å². The first-order valence-corrected chi connectivity index (χ1v) is 3.77. The van der Waals surface area contributed by atoms with Crippen LogP contribution in [0.4, 0.5) is 0 Å². The predicted octanol–water partition coefficient (Wildman–Crippen LogP) is -1.12. The minimum Gasteiger partial charge on any atom is -0.393 e. The van der Waals surface area contributed by atoms with Gasteiger partial charge in [0.15, 0.2) is 0 Å². The minimum atomic E-state index is -0.961. The van der Waals surface area contributed by atoms with Gasteiger partial charge in [0.25, 0.3) is 0 Å². The van der Waals surface area contributed by atoms with Gasteiger partial charge in [-0.1, -0.05) is 6.92 Å². The molecular formula is C7H14O4. The molecule has 0 bridgehead atoms. The summed E-state index contributed by atoms with van der Waals surface area (Å²) in [7, 11) is 0. The Labute approximate surface area is 65.4 Å². The van der Waals surface area contributed by atoms with E-state index in [0.29, 0.717) is 6.42 Å². The van der Waals surface area contributed by atoms with E-state index in [0.717, 1.165) is 0 Å². The maximum Gasteiger partial charge on any atom is 0.119 e. The lowest BCUT2D eigenvalue weighted by Crippen LogP contribution is -2.45. The zero-order valence-electron chi connectivity index (χ0n) is 6.53. The Morgan fingerprint density at radius 1 is 1.55 bits per heavy atom. The lowest BCUT2D eigenvalue weighted by atomic mass is 9.94. The molecule has 66 valence electrons. The summed E-state index contributed by atoms with van der Waals surface area (Å²) in [6.45, 7) is 1.66. The molecule has 4 nitrogen and oxygen atoms in total. The monoisotopic (exact) mass is 162 g/mol. The van der Waals surface area contributed by atoms with Crippen molar-refractivity contribution < 1.29 is 20.1 Å². The first kappa shape index (κ1) is 8.93.